The molecule has 0 aliphatic carbocycles. The van der Waals surface area contributed by atoms with Crippen LogP contribution in [0.1, 0.15) is 0 Å². The second kappa shape index (κ2) is 7.91. The van der Waals surface area contributed by atoms with Gasteiger partial charge in [-0.05, 0) is 36.4 Å². The van der Waals surface area contributed by atoms with Crippen molar-refractivity contribution in [2.75, 3.05) is 19.7 Å². The van der Waals surface area contributed by atoms with E-state index < -0.39 is 0 Å². The number of carbonyl (C=O) groups is 1. The zero-order valence-corrected chi connectivity index (χ0v) is 11.6. The zero-order chi connectivity index (χ0) is 14.9. The van der Waals surface area contributed by atoms with E-state index in [0.29, 0.717) is 24.6 Å². The number of para-hydroxylation sites is 1. The fraction of sp³-hybridized carbons (Fsp3) is 0.188. The van der Waals surface area contributed by atoms with E-state index in [1.54, 1.807) is 24.3 Å². The van der Waals surface area contributed by atoms with Gasteiger partial charge in [0.15, 0.2) is 6.61 Å². The first-order valence-electron chi connectivity index (χ1n) is 6.70. The highest BCUT2D eigenvalue weighted by atomic mass is 16.5. The molecule has 2 rings (SSSR count). The van der Waals surface area contributed by atoms with Gasteiger partial charge >= 0.3 is 0 Å². The number of benzene rings is 2. The number of nitrogens with two attached hydrogens (primary N) is 1. The van der Waals surface area contributed by atoms with Crippen LogP contribution in [0.5, 0.6) is 17.2 Å². The van der Waals surface area contributed by atoms with E-state index in [1.165, 1.54) is 0 Å². The van der Waals surface area contributed by atoms with Crippen molar-refractivity contribution in [3.8, 4) is 17.2 Å². The Labute approximate surface area is 123 Å². The lowest BCUT2D eigenvalue weighted by atomic mass is 10.3. The van der Waals surface area contributed by atoms with Gasteiger partial charge in [-0.2, -0.15) is 0 Å². The van der Waals surface area contributed by atoms with Crippen LogP contribution in [0.3, 0.4) is 0 Å². The molecule has 0 aliphatic heterocycles. The van der Waals surface area contributed by atoms with Crippen molar-refractivity contribution in [2.45, 2.75) is 0 Å². The van der Waals surface area contributed by atoms with Crippen molar-refractivity contribution in [3.63, 3.8) is 0 Å². The summed E-state index contributed by atoms with van der Waals surface area (Å²) in [5.41, 5.74) is 5.29. The van der Waals surface area contributed by atoms with Gasteiger partial charge in [0.1, 0.15) is 17.2 Å². The summed E-state index contributed by atoms with van der Waals surface area (Å²) in [5.74, 6) is 1.90. The quantitative estimate of drug-likeness (QED) is 0.815. The lowest BCUT2D eigenvalue weighted by Crippen LogP contribution is -2.32. The molecule has 3 N–H and O–H groups in total. The Balaban J connectivity index is 1.83. The van der Waals surface area contributed by atoms with Crippen molar-refractivity contribution in [3.05, 3.63) is 54.6 Å². The Kier molecular flexibility index (Phi) is 5.60. The van der Waals surface area contributed by atoms with Crippen LogP contribution in [-0.2, 0) is 4.79 Å². The Bertz CT molecular complexity index is 555. The van der Waals surface area contributed by atoms with Crippen molar-refractivity contribution in [1.29, 1.82) is 0 Å². The van der Waals surface area contributed by atoms with Crippen molar-refractivity contribution < 1.29 is 14.3 Å². The summed E-state index contributed by atoms with van der Waals surface area (Å²) in [4.78, 5) is 11.4. The molecule has 5 heteroatoms. The van der Waals surface area contributed by atoms with E-state index in [4.69, 9.17) is 15.2 Å². The molecule has 0 bridgehead atoms. The van der Waals surface area contributed by atoms with Gasteiger partial charge in [0, 0.05) is 13.1 Å². The molecule has 0 fully saturated rings. The summed E-state index contributed by atoms with van der Waals surface area (Å²) in [6.07, 6.45) is 0. The van der Waals surface area contributed by atoms with E-state index in [2.05, 4.69) is 5.32 Å². The predicted octanol–water partition coefficient (Wildman–Crippen LogP) is 1.93. The number of carbonyl (C=O) groups excluding carboxylic acids is 1. The highest BCUT2D eigenvalue weighted by molar-refractivity contribution is 5.77. The SMILES string of the molecule is NCCNC(=O)COc1ccc(Oc2ccccc2)cc1. The van der Waals surface area contributed by atoms with Crippen LogP contribution in [0.15, 0.2) is 54.6 Å². The van der Waals surface area contributed by atoms with Crippen molar-refractivity contribution in [2.24, 2.45) is 5.73 Å². The summed E-state index contributed by atoms with van der Waals surface area (Å²) in [5, 5.41) is 2.63. The first-order valence-corrected chi connectivity index (χ1v) is 6.70. The summed E-state index contributed by atoms with van der Waals surface area (Å²) in [6.45, 7) is 0.836. The summed E-state index contributed by atoms with van der Waals surface area (Å²) in [6, 6.07) is 16.6. The largest absolute Gasteiger partial charge is 0.484 e. The molecular weight excluding hydrogens is 268 g/mol. The second-order valence-electron chi connectivity index (χ2n) is 4.31. The van der Waals surface area contributed by atoms with Crippen LogP contribution in [0.2, 0.25) is 0 Å². The average Bonchev–Trinajstić information content (AvgIpc) is 2.53. The van der Waals surface area contributed by atoms with Gasteiger partial charge in [0.25, 0.3) is 5.91 Å². The Morgan fingerprint density at radius 2 is 1.57 bits per heavy atom. The second-order valence-corrected chi connectivity index (χ2v) is 4.31. The van der Waals surface area contributed by atoms with Gasteiger partial charge in [-0.15, -0.1) is 0 Å². The molecule has 0 aromatic heterocycles. The molecule has 0 aliphatic rings. The topological polar surface area (TPSA) is 73.6 Å². The molecule has 0 atom stereocenters. The fourth-order valence-corrected chi connectivity index (χ4v) is 1.64. The van der Waals surface area contributed by atoms with E-state index >= 15 is 0 Å². The van der Waals surface area contributed by atoms with Gasteiger partial charge in [-0.3, -0.25) is 4.79 Å². The van der Waals surface area contributed by atoms with Crippen molar-refractivity contribution >= 4 is 5.91 Å². The number of ether oxygens (including phenoxy) is 2. The Hall–Kier alpha value is -2.53. The third-order valence-electron chi connectivity index (χ3n) is 2.64. The number of nitrogens with one attached hydrogen (secondary N) is 1. The van der Waals surface area contributed by atoms with Crippen LogP contribution in [0.25, 0.3) is 0 Å². The van der Waals surface area contributed by atoms with E-state index in [0.717, 1.165) is 5.75 Å². The van der Waals surface area contributed by atoms with Gasteiger partial charge in [0.05, 0.1) is 0 Å². The van der Waals surface area contributed by atoms with Crippen LogP contribution in [0, 0.1) is 0 Å². The van der Waals surface area contributed by atoms with E-state index in [9.17, 15) is 4.79 Å². The van der Waals surface area contributed by atoms with E-state index in [-0.39, 0.29) is 12.5 Å². The lowest BCUT2D eigenvalue weighted by Gasteiger charge is -2.08. The minimum atomic E-state index is -0.190. The molecule has 0 saturated heterocycles. The number of rotatable bonds is 7. The monoisotopic (exact) mass is 286 g/mol. The van der Waals surface area contributed by atoms with Gasteiger partial charge in [-0.25, -0.2) is 0 Å². The summed E-state index contributed by atoms with van der Waals surface area (Å²) >= 11 is 0. The van der Waals surface area contributed by atoms with E-state index in [1.807, 2.05) is 30.3 Å². The van der Waals surface area contributed by atoms with Gasteiger partial charge < -0.3 is 20.5 Å². The van der Waals surface area contributed by atoms with Crippen LogP contribution in [-0.4, -0.2) is 25.6 Å². The third-order valence-corrected chi connectivity index (χ3v) is 2.64. The Morgan fingerprint density at radius 3 is 2.24 bits per heavy atom. The molecule has 0 spiro atoms. The molecule has 2 aromatic carbocycles. The molecular formula is C16H18N2O3. The zero-order valence-electron chi connectivity index (χ0n) is 11.6. The molecule has 1 amide bonds. The van der Waals surface area contributed by atoms with Gasteiger partial charge in [-0.1, -0.05) is 18.2 Å². The fourth-order valence-electron chi connectivity index (χ4n) is 1.64. The molecule has 0 heterocycles. The molecule has 21 heavy (non-hydrogen) atoms. The normalized spacial score (nSPS) is 9.95. The maximum Gasteiger partial charge on any atom is 0.257 e. The predicted molar refractivity (Wildman–Crippen MR) is 80.5 cm³/mol. The Morgan fingerprint density at radius 1 is 0.952 bits per heavy atom. The molecule has 0 radical (unpaired) electrons. The molecule has 2 aromatic rings. The molecule has 5 nitrogen and oxygen atoms in total. The molecule has 0 saturated carbocycles. The maximum absolute atomic E-state index is 11.4. The molecule has 110 valence electrons. The highest BCUT2D eigenvalue weighted by Crippen LogP contribution is 2.23. The standard InChI is InChI=1S/C16H18N2O3/c17-10-11-18-16(19)12-20-13-6-8-15(9-7-13)21-14-4-2-1-3-5-14/h1-9H,10-12,17H2,(H,18,19). The minimum Gasteiger partial charge on any atom is -0.484 e. The smallest absolute Gasteiger partial charge is 0.257 e. The average molecular weight is 286 g/mol. The maximum atomic E-state index is 11.4. The first kappa shape index (κ1) is 14.9. The van der Waals surface area contributed by atoms with Crippen molar-refractivity contribution in [1.82, 2.24) is 5.32 Å². The third kappa shape index (κ3) is 5.16. The van der Waals surface area contributed by atoms with Crippen LogP contribution < -0.4 is 20.5 Å². The number of amides is 1. The number of hydrogen-bond donors (Lipinski definition) is 2. The first-order chi connectivity index (χ1) is 10.3. The lowest BCUT2D eigenvalue weighted by molar-refractivity contribution is -0.123. The summed E-state index contributed by atoms with van der Waals surface area (Å²) in [7, 11) is 0. The summed E-state index contributed by atoms with van der Waals surface area (Å²) < 4.78 is 11.0. The van der Waals surface area contributed by atoms with Crippen LogP contribution >= 0.6 is 0 Å². The highest BCUT2D eigenvalue weighted by Gasteiger charge is 2.02. The molecule has 0 unspecified atom stereocenters. The van der Waals surface area contributed by atoms with Crippen LogP contribution in [0.4, 0.5) is 0 Å². The van der Waals surface area contributed by atoms with Gasteiger partial charge in [0.2, 0.25) is 0 Å². The minimum absolute atomic E-state index is 0.0289. The number of hydrogen-bond acceptors (Lipinski definition) is 4.